The molecular formula is C14H27NO. The van der Waals surface area contributed by atoms with Gasteiger partial charge >= 0.3 is 0 Å². The quantitative estimate of drug-likeness (QED) is 0.757. The van der Waals surface area contributed by atoms with Crippen LogP contribution in [0.5, 0.6) is 0 Å². The standard InChI is InChI=1S/C14H27NO/c1-14(2)9-7-11(8-10-14)15-12-5-3-4-6-13(12)16/h11-13,15-16H,3-10H2,1-2H3/t12-,13-/m0/s1. The Labute approximate surface area is 99.8 Å². The van der Waals surface area contributed by atoms with Crippen LogP contribution in [0.1, 0.15) is 65.2 Å². The number of hydrogen-bond acceptors (Lipinski definition) is 2. The molecule has 2 fully saturated rings. The molecule has 2 heteroatoms. The monoisotopic (exact) mass is 225 g/mol. The molecule has 0 radical (unpaired) electrons. The van der Waals surface area contributed by atoms with Crippen molar-refractivity contribution >= 4 is 0 Å². The summed E-state index contributed by atoms with van der Waals surface area (Å²) in [5.74, 6) is 0. The zero-order valence-electron chi connectivity index (χ0n) is 10.8. The van der Waals surface area contributed by atoms with Gasteiger partial charge in [0.15, 0.2) is 0 Å². The van der Waals surface area contributed by atoms with Crippen LogP contribution in [-0.4, -0.2) is 23.3 Å². The molecule has 94 valence electrons. The molecule has 2 saturated carbocycles. The van der Waals surface area contributed by atoms with Crippen molar-refractivity contribution in [3.8, 4) is 0 Å². The minimum Gasteiger partial charge on any atom is -0.392 e. The number of rotatable bonds is 2. The zero-order valence-corrected chi connectivity index (χ0v) is 10.8. The smallest absolute Gasteiger partial charge is 0.0693 e. The Morgan fingerprint density at radius 2 is 1.62 bits per heavy atom. The number of aliphatic hydroxyl groups excluding tert-OH is 1. The highest BCUT2D eigenvalue weighted by Gasteiger charge is 2.30. The molecule has 0 amide bonds. The largest absolute Gasteiger partial charge is 0.392 e. The van der Waals surface area contributed by atoms with Gasteiger partial charge in [-0.25, -0.2) is 0 Å². The molecule has 0 unspecified atom stereocenters. The molecule has 0 bridgehead atoms. The van der Waals surface area contributed by atoms with Crippen molar-refractivity contribution in [2.45, 2.75) is 83.4 Å². The van der Waals surface area contributed by atoms with Gasteiger partial charge in [-0.2, -0.15) is 0 Å². The van der Waals surface area contributed by atoms with Crippen LogP contribution in [0.4, 0.5) is 0 Å². The minimum absolute atomic E-state index is 0.0938. The fourth-order valence-electron chi connectivity index (χ4n) is 3.17. The predicted molar refractivity (Wildman–Crippen MR) is 67.4 cm³/mol. The second-order valence-electron chi connectivity index (χ2n) is 6.56. The third-order valence-electron chi connectivity index (χ3n) is 4.52. The summed E-state index contributed by atoms with van der Waals surface area (Å²) in [6.07, 6.45) is 9.79. The van der Waals surface area contributed by atoms with Gasteiger partial charge in [-0.1, -0.05) is 26.7 Å². The lowest BCUT2D eigenvalue weighted by Gasteiger charge is -2.38. The first kappa shape index (κ1) is 12.4. The summed E-state index contributed by atoms with van der Waals surface area (Å²) in [5.41, 5.74) is 0.545. The second-order valence-corrected chi connectivity index (χ2v) is 6.56. The Bertz CT molecular complexity index is 217. The lowest BCUT2D eigenvalue weighted by atomic mass is 9.75. The maximum absolute atomic E-state index is 9.94. The fraction of sp³-hybridized carbons (Fsp3) is 1.00. The maximum atomic E-state index is 9.94. The van der Waals surface area contributed by atoms with Crippen LogP contribution >= 0.6 is 0 Å². The molecule has 2 aliphatic carbocycles. The Morgan fingerprint density at radius 1 is 1.00 bits per heavy atom. The average molecular weight is 225 g/mol. The van der Waals surface area contributed by atoms with Gasteiger partial charge in [-0.3, -0.25) is 0 Å². The van der Waals surface area contributed by atoms with Crippen LogP contribution in [0.2, 0.25) is 0 Å². The lowest BCUT2D eigenvalue weighted by Crippen LogP contribution is -2.48. The van der Waals surface area contributed by atoms with Gasteiger partial charge in [-0.05, 0) is 43.9 Å². The van der Waals surface area contributed by atoms with Crippen LogP contribution in [0.15, 0.2) is 0 Å². The van der Waals surface area contributed by atoms with Crippen molar-refractivity contribution in [2.75, 3.05) is 0 Å². The highest BCUT2D eigenvalue weighted by molar-refractivity contribution is 4.87. The van der Waals surface area contributed by atoms with Gasteiger partial charge in [0.2, 0.25) is 0 Å². The molecule has 0 aromatic carbocycles. The van der Waals surface area contributed by atoms with Gasteiger partial charge in [0, 0.05) is 12.1 Å². The molecule has 0 aromatic heterocycles. The van der Waals surface area contributed by atoms with Gasteiger partial charge in [0.05, 0.1) is 6.10 Å². The zero-order chi connectivity index (χ0) is 11.6. The molecule has 0 aromatic rings. The Balaban J connectivity index is 1.77. The van der Waals surface area contributed by atoms with Crippen molar-refractivity contribution in [2.24, 2.45) is 5.41 Å². The molecule has 0 heterocycles. The van der Waals surface area contributed by atoms with E-state index in [0.717, 1.165) is 6.42 Å². The SMILES string of the molecule is CC1(C)CCC(N[C@H]2CCCC[C@@H]2O)CC1. The summed E-state index contributed by atoms with van der Waals surface area (Å²) in [6, 6.07) is 1.03. The molecule has 0 spiro atoms. The van der Waals surface area contributed by atoms with E-state index in [0.29, 0.717) is 17.5 Å². The van der Waals surface area contributed by atoms with E-state index >= 15 is 0 Å². The molecular weight excluding hydrogens is 198 g/mol. The van der Waals surface area contributed by atoms with E-state index in [1.165, 1.54) is 44.9 Å². The van der Waals surface area contributed by atoms with E-state index in [9.17, 15) is 5.11 Å². The summed E-state index contributed by atoms with van der Waals surface area (Å²) in [5, 5.41) is 13.6. The van der Waals surface area contributed by atoms with Crippen molar-refractivity contribution in [3.05, 3.63) is 0 Å². The van der Waals surface area contributed by atoms with E-state index in [2.05, 4.69) is 19.2 Å². The summed E-state index contributed by atoms with van der Waals surface area (Å²) >= 11 is 0. The van der Waals surface area contributed by atoms with Gasteiger partial charge in [-0.15, -0.1) is 0 Å². The second kappa shape index (κ2) is 5.05. The summed E-state index contributed by atoms with van der Waals surface area (Å²) in [7, 11) is 0. The van der Waals surface area contributed by atoms with E-state index in [4.69, 9.17) is 0 Å². The highest BCUT2D eigenvalue weighted by Crippen LogP contribution is 2.35. The Kier molecular flexibility index (Phi) is 3.91. The number of aliphatic hydroxyl groups is 1. The van der Waals surface area contributed by atoms with Crippen molar-refractivity contribution in [1.29, 1.82) is 0 Å². The van der Waals surface area contributed by atoms with Crippen LogP contribution in [0.25, 0.3) is 0 Å². The first-order valence-electron chi connectivity index (χ1n) is 7.01. The molecule has 2 aliphatic rings. The minimum atomic E-state index is -0.0938. The summed E-state index contributed by atoms with van der Waals surface area (Å²) in [6.45, 7) is 4.75. The van der Waals surface area contributed by atoms with Gasteiger partial charge in [0.25, 0.3) is 0 Å². The molecule has 16 heavy (non-hydrogen) atoms. The van der Waals surface area contributed by atoms with Crippen LogP contribution in [0, 0.1) is 5.41 Å². The van der Waals surface area contributed by atoms with Crippen LogP contribution in [0.3, 0.4) is 0 Å². The fourth-order valence-corrected chi connectivity index (χ4v) is 3.17. The number of nitrogens with one attached hydrogen (secondary N) is 1. The molecule has 2 nitrogen and oxygen atoms in total. The van der Waals surface area contributed by atoms with Crippen LogP contribution in [-0.2, 0) is 0 Å². The topological polar surface area (TPSA) is 32.3 Å². The maximum Gasteiger partial charge on any atom is 0.0693 e. The average Bonchev–Trinajstić information content (AvgIpc) is 2.24. The number of hydrogen-bond donors (Lipinski definition) is 2. The summed E-state index contributed by atoms with van der Waals surface area (Å²) in [4.78, 5) is 0. The lowest BCUT2D eigenvalue weighted by molar-refractivity contribution is 0.0761. The molecule has 2 atom stereocenters. The molecule has 2 rings (SSSR count). The first-order chi connectivity index (χ1) is 7.57. The molecule has 0 saturated heterocycles. The third-order valence-corrected chi connectivity index (χ3v) is 4.52. The van der Waals surface area contributed by atoms with Crippen molar-refractivity contribution in [3.63, 3.8) is 0 Å². The summed E-state index contributed by atoms with van der Waals surface area (Å²) < 4.78 is 0. The molecule has 0 aliphatic heterocycles. The van der Waals surface area contributed by atoms with Crippen LogP contribution < -0.4 is 5.32 Å². The van der Waals surface area contributed by atoms with Crippen molar-refractivity contribution < 1.29 is 5.11 Å². The highest BCUT2D eigenvalue weighted by atomic mass is 16.3. The van der Waals surface area contributed by atoms with E-state index in [1.54, 1.807) is 0 Å². The first-order valence-corrected chi connectivity index (χ1v) is 7.01. The Hall–Kier alpha value is -0.0800. The van der Waals surface area contributed by atoms with Gasteiger partial charge < -0.3 is 10.4 Å². The van der Waals surface area contributed by atoms with E-state index in [-0.39, 0.29) is 6.10 Å². The third kappa shape index (κ3) is 3.21. The molecule has 2 N–H and O–H groups in total. The van der Waals surface area contributed by atoms with Gasteiger partial charge in [0.1, 0.15) is 0 Å². The van der Waals surface area contributed by atoms with E-state index in [1.807, 2.05) is 0 Å². The van der Waals surface area contributed by atoms with E-state index < -0.39 is 0 Å². The van der Waals surface area contributed by atoms with Crippen molar-refractivity contribution in [1.82, 2.24) is 5.32 Å². The normalized spacial score (nSPS) is 36.2. The Morgan fingerprint density at radius 3 is 2.25 bits per heavy atom. The predicted octanol–water partition coefficient (Wildman–Crippen LogP) is 2.85.